The Bertz CT molecular complexity index is 1520. The first-order valence-electron chi connectivity index (χ1n) is 16.9. The number of carbonyl (C=O) groups is 2. The molecule has 2 heterocycles. The van der Waals surface area contributed by atoms with Crippen molar-refractivity contribution in [3.63, 3.8) is 0 Å². The third-order valence-electron chi connectivity index (χ3n) is 9.32. The van der Waals surface area contributed by atoms with Crippen molar-refractivity contribution < 1.29 is 55.4 Å². The van der Waals surface area contributed by atoms with Crippen LogP contribution in [0.15, 0.2) is 42.0 Å². The number of rotatable bonds is 11. The van der Waals surface area contributed by atoms with Gasteiger partial charge >= 0.3 is 12.4 Å². The van der Waals surface area contributed by atoms with Crippen LogP contribution in [0.2, 0.25) is 0 Å². The number of halogens is 6. The van der Waals surface area contributed by atoms with Gasteiger partial charge in [-0.15, -0.1) is 0 Å². The summed E-state index contributed by atoms with van der Waals surface area (Å²) in [5.74, 6) is -0.516. The highest BCUT2D eigenvalue weighted by Crippen LogP contribution is 2.37. The van der Waals surface area contributed by atoms with Gasteiger partial charge in [-0.25, -0.2) is 4.84 Å². The predicted molar refractivity (Wildman–Crippen MR) is 169 cm³/mol. The molecule has 2 fully saturated rings. The van der Waals surface area contributed by atoms with Gasteiger partial charge in [-0.1, -0.05) is 23.8 Å². The number of fused-ring (bicyclic) bond motifs is 1. The number of amides is 1. The van der Waals surface area contributed by atoms with Crippen LogP contribution in [-0.4, -0.2) is 77.3 Å². The fourth-order valence-electron chi connectivity index (χ4n) is 6.54. The number of hydroxylamine groups is 5. The Morgan fingerprint density at radius 2 is 1.70 bits per heavy atom. The average molecular weight is 714 g/mol. The number of allylic oxidation sites excluding steroid dienone is 1. The largest absolute Gasteiger partial charge is 0.632 e. The number of Topliss-reactive ketones (excluding diaryl/α,β-unsaturated/α-hetero) is 1. The number of aryl methyl sites for hydroxylation is 1. The maximum atomic E-state index is 13.6. The number of nitrogens with zero attached hydrogens (tertiary/aromatic N) is 3. The van der Waals surface area contributed by atoms with E-state index in [1.807, 2.05) is 0 Å². The zero-order chi connectivity index (χ0) is 36.1. The SMILES string of the molecule is O=C1/C(=C/c2cc(C(F)(F)F)cc(C(F)(F)F)c2)CCc2cc(C[N+]3([O-])CCN(C(=O)CCCCCN(O)OC4CCCCO4)CC3)ccc21. The third kappa shape index (κ3) is 10.1. The van der Waals surface area contributed by atoms with Crippen molar-refractivity contribution in [2.75, 3.05) is 39.3 Å². The number of alkyl halides is 6. The van der Waals surface area contributed by atoms with Crippen LogP contribution in [0.5, 0.6) is 0 Å². The Morgan fingerprint density at radius 3 is 2.34 bits per heavy atom. The molecule has 15 heteroatoms. The molecule has 0 saturated carbocycles. The average Bonchev–Trinajstić information content (AvgIpc) is 3.05. The van der Waals surface area contributed by atoms with Crippen LogP contribution >= 0.6 is 0 Å². The van der Waals surface area contributed by atoms with Crippen LogP contribution in [0.1, 0.15) is 89.5 Å². The molecular weight excluding hydrogens is 672 g/mol. The van der Waals surface area contributed by atoms with Gasteiger partial charge in [0.2, 0.25) is 5.91 Å². The molecule has 9 nitrogen and oxygen atoms in total. The van der Waals surface area contributed by atoms with E-state index in [1.165, 1.54) is 0 Å². The molecule has 0 radical (unpaired) electrons. The van der Waals surface area contributed by atoms with E-state index in [1.54, 1.807) is 23.1 Å². The van der Waals surface area contributed by atoms with Crippen LogP contribution in [0.25, 0.3) is 6.08 Å². The van der Waals surface area contributed by atoms with Crippen molar-refractivity contribution in [3.05, 3.63) is 80.6 Å². The third-order valence-corrected chi connectivity index (χ3v) is 9.32. The van der Waals surface area contributed by atoms with Crippen molar-refractivity contribution in [3.8, 4) is 0 Å². The molecule has 5 rings (SSSR count). The van der Waals surface area contributed by atoms with Crippen LogP contribution in [0, 0.1) is 5.21 Å². The number of hydrogen-bond acceptors (Lipinski definition) is 7. The molecule has 0 aromatic heterocycles. The molecule has 1 atom stereocenters. The number of carbonyl (C=O) groups excluding carboxylic acids is 2. The van der Waals surface area contributed by atoms with Gasteiger partial charge in [-0.3, -0.25) is 14.8 Å². The molecule has 1 N–H and O–H groups in total. The van der Waals surface area contributed by atoms with Gasteiger partial charge in [0.05, 0.1) is 43.9 Å². The zero-order valence-electron chi connectivity index (χ0n) is 27.5. The molecule has 0 spiro atoms. The summed E-state index contributed by atoms with van der Waals surface area (Å²) >= 11 is 0. The summed E-state index contributed by atoms with van der Waals surface area (Å²) < 4.78 is 84.7. The number of unbranched alkanes of at least 4 members (excludes halogenated alkanes) is 2. The lowest BCUT2D eigenvalue weighted by Crippen LogP contribution is -2.56. The topological polar surface area (TPSA) is 102 Å². The van der Waals surface area contributed by atoms with Gasteiger partial charge < -0.3 is 19.5 Å². The first-order valence-corrected chi connectivity index (χ1v) is 16.9. The van der Waals surface area contributed by atoms with Gasteiger partial charge in [0, 0.05) is 36.1 Å². The molecule has 2 aromatic rings. The zero-order valence-corrected chi connectivity index (χ0v) is 27.5. The molecule has 2 aromatic carbocycles. The van der Waals surface area contributed by atoms with Crippen LogP contribution in [0.4, 0.5) is 26.3 Å². The molecule has 274 valence electrons. The number of hydrogen-bond donors (Lipinski definition) is 1. The Hall–Kier alpha value is -3.34. The molecule has 3 aliphatic rings. The molecule has 2 aliphatic heterocycles. The molecule has 1 amide bonds. The summed E-state index contributed by atoms with van der Waals surface area (Å²) in [6, 6.07) is 6.18. The minimum atomic E-state index is -5.00. The van der Waals surface area contributed by atoms with E-state index < -0.39 is 40.2 Å². The predicted octanol–water partition coefficient (Wildman–Crippen LogP) is 7.30. The van der Waals surface area contributed by atoms with Crippen LogP contribution in [0.3, 0.4) is 0 Å². The van der Waals surface area contributed by atoms with Gasteiger partial charge in [0.15, 0.2) is 12.1 Å². The summed E-state index contributed by atoms with van der Waals surface area (Å²) in [5.41, 5.74) is -1.53. The second-order valence-corrected chi connectivity index (χ2v) is 13.2. The standard InChI is InChI=1S/C35H41F6N3O6/c36-34(37,38)28-20-25(21-29(22-28)35(39,40)41)19-27-10-9-26-18-24(8-11-30(26)33(27)46)23-44(48)15-13-42(14-16-44)31(45)6-2-1-4-12-43(47)50-32-7-3-5-17-49-32/h8,11,18-22,32,47H,1-7,9-10,12-17,23H2/b27-19+. The van der Waals surface area contributed by atoms with Crippen LogP contribution < -0.4 is 0 Å². The highest BCUT2D eigenvalue weighted by atomic mass is 19.4. The van der Waals surface area contributed by atoms with Gasteiger partial charge in [0.1, 0.15) is 6.54 Å². The molecule has 0 bridgehead atoms. The van der Waals surface area contributed by atoms with E-state index in [-0.39, 0.29) is 49.2 Å². The fourth-order valence-corrected chi connectivity index (χ4v) is 6.54. The van der Waals surface area contributed by atoms with E-state index in [0.29, 0.717) is 80.7 Å². The lowest BCUT2D eigenvalue weighted by Gasteiger charge is -2.48. The maximum absolute atomic E-state index is 13.6. The van der Waals surface area contributed by atoms with Crippen molar-refractivity contribution in [1.29, 1.82) is 0 Å². The number of ether oxygens (including phenoxy) is 1. The quantitative estimate of drug-likeness (QED) is 0.0651. The van der Waals surface area contributed by atoms with E-state index >= 15 is 0 Å². The Kier molecular flexibility index (Phi) is 12.1. The van der Waals surface area contributed by atoms with E-state index in [9.17, 15) is 46.3 Å². The minimum Gasteiger partial charge on any atom is -0.632 e. The van der Waals surface area contributed by atoms with E-state index in [4.69, 9.17) is 9.57 Å². The number of ketones is 1. The molecule has 2 saturated heterocycles. The Labute approximate surface area is 286 Å². The lowest BCUT2D eigenvalue weighted by molar-refractivity contribution is -0.897. The normalized spacial score (nSPS) is 20.7. The Morgan fingerprint density at radius 1 is 1.00 bits per heavy atom. The smallest absolute Gasteiger partial charge is 0.416 e. The van der Waals surface area contributed by atoms with E-state index in [2.05, 4.69) is 0 Å². The van der Waals surface area contributed by atoms with Crippen molar-refractivity contribution >= 4 is 17.8 Å². The van der Waals surface area contributed by atoms with Gasteiger partial charge in [0.25, 0.3) is 0 Å². The highest BCUT2D eigenvalue weighted by Gasteiger charge is 2.37. The summed E-state index contributed by atoms with van der Waals surface area (Å²) in [4.78, 5) is 33.0. The maximum Gasteiger partial charge on any atom is 0.416 e. The van der Waals surface area contributed by atoms with Crippen molar-refractivity contribution in [1.82, 2.24) is 10.1 Å². The summed E-state index contributed by atoms with van der Waals surface area (Å²) in [6.07, 6.45) is -3.87. The van der Waals surface area contributed by atoms with Crippen LogP contribution in [-0.2, 0) is 39.7 Å². The first kappa shape index (κ1) is 37.9. The molecular formula is C35H41F6N3O6. The lowest BCUT2D eigenvalue weighted by atomic mass is 9.85. The summed E-state index contributed by atoms with van der Waals surface area (Å²) in [5, 5.41) is 24.3. The van der Waals surface area contributed by atoms with E-state index in [0.717, 1.165) is 37.0 Å². The molecule has 1 aliphatic carbocycles. The molecule has 1 unspecified atom stereocenters. The fraction of sp³-hybridized carbons (Fsp3) is 0.543. The monoisotopic (exact) mass is 713 g/mol. The number of piperazine rings is 1. The van der Waals surface area contributed by atoms with Gasteiger partial charge in [-0.05, 0) is 80.0 Å². The summed E-state index contributed by atoms with van der Waals surface area (Å²) in [6.45, 7) is 2.06. The second-order valence-electron chi connectivity index (χ2n) is 13.2. The Balaban J connectivity index is 1.10. The van der Waals surface area contributed by atoms with Crippen molar-refractivity contribution in [2.45, 2.75) is 83.0 Å². The minimum absolute atomic E-state index is 0.0279. The summed E-state index contributed by atoms with van der Waals surface area (Å²) in [7, 11) is 0. The molecule has 50 heavy (non-hydrogen) atoms. The number of quaternary nitrogens is 1. The van der Waals surface area contributed by atoms with Crippen molar-refractivity contribution in [2.24, 2.45) is 0 Å². The second kappa shape index (κ2) is 15.9. The highest BCUT2D eigenvalue weighted by molar-refractivity contribution is 6.13. The number of benzene rings is 2. The van der Waals surface area contributed by atoms with Gasteiger partial charge in [-0.2, -0.15) is 26.3 Å². The first-order chi connectivity index (χ1) is 23.6.